The minimum Gasteiger partial charge on any atom is -0.505 e. The molecule has 2 rings (SSSR count). The van der Waals surface area contributed by atoms with E-state index in [0.717, 1.165) is 0 Å². The van der Waals surface area contributed by atoms with E-state index in [1.54, 1.807) is 0 Å². The molecular formula is C11H11ClN2O4. The lowest BCUT2D eigenvalue weighted by molar-refractivity contribution is 0.350. The van der Waals surface area contributed by atoms with Gasteiger partial charge < -0.3 is 24.8 Å². The van der Waals surface area contributed by atoms with Gasteiger partial charge in [-0.3, -0.25) is 0 Å². The maximum atomic E-state index is 10.00. The number of phenols is 1. The standard InChI is InChI=1S/C11H11ClN2O4/c1-16-7-3-5(12)10(15)9(11(7)17-2)6-4-8(13)14-18-6/h3-4,15H,1-2H3,(H2,13,14). The Morgan fingerprint density at radius 3 is 2.56 bits per heavy atom. The summed E-state index contributed by atoms with van der Waals surface area (Å²) in [5.74, 6) is 0.888. The van der Waals surface area contributed by atoms with Gasteiger partial charge in [-0.25, -0.2) is 0 Å². The molecule has 0 saturated carbocycles. The van der Waals surface area contributed by atoms with E-state index >= 15 is 0 Å². The van der Waals surface area contributed by atoms with Crippen molar-refractivity contribution in [2.24, 2.45) is 0 Å². The van der Waals surface area contributed by atoms with E-state index in [-0.39, 0.29) is 33.7 Å². The third-order valence-corrected chi connectivity index (χ3v) is 2.66. The van der Waals surface area contributed by atoms with Crippen LogP contribution in [0.25, 0.3) is 11.3 Å². The Bertz CT molecular complexity index is 583. The van der Waals surface area contributed by atoms with Crippen molar-refractivity contribution in [3.8, 4) is 28.6 Å². The van der Waals surface area contributed by atoms with E-state index in [4.69, 9.17) is 31.3 Å². The van der Waals surface area contributed by atoms with Gasteiger partial charge in [0.05, 0.1) is 19.2 Å². The minimum atomic E-state index is -0.189. The summed E-state index contributed by atoms with van der Waals surface area (Å²) < 4.78 is 15.3. The number of aromatic hydroxyl groups is 1. The molecule has 7 heteroatoms. The fourth-order valence-electron chi connectivity index (χ4n) is 1.59. The molecule has 6 nitrogen and oxygen atoms in total. The van der Waals surface area contributed by atoms with Crippen molar-refractivity contribution in [3.63, 3.8) is 0 Å². The summed E-state index contributed by atoms with van der Waals surface area (Å²) in [6.45, 7) is 0. The molecule has 96 valence electrons. The van der Waals surface area contributed by atoms with Crippen LogP contribution in [0.15, 0.2) is 16.7 Å². The molecule has 0 aliphatic carbocycles. The van der Waals surface area contributed by atoms with Crippen molar-refractivity contribution in [3.05, 3.63) is 17.2 Å². The molecule has 18 heavy (non-hydrogen) atoms. The number of phenolic OH excluding ortho intramolecular Hbond substituents is 1. The Morgan fingerprint density at radius 1 is 1.33 bits per heavy atom. The fourth-order valence-corrected chi connectivity index (χ4v) is 1.78. The van der Waals surface area contributed by atoms with E-state index in [1.165, 1.54) is 26.4 Å². The molecule has 2 aromatic rings. The first-order chi connectivity index (χ1) is 8.58. The topological polar surface area (TPSA) is 90.7 Å². The van der Waals surface area contributed by atoms with Crippen molar-refractivity contribution in [2.75, 3.05) is 20.0 Å². The van der Waals surface area contributed by atoms with Gasteiger partial charge in [0.1, 0.15) is 11.3 Å². The number of halogens is 1. The van der Waals surface area contributed by atoms with Crippen molar-refractivity contribution in [2.45, 2.75) is 0 Å². The number of aromatic nitrogens is 1. The Morgan fingerprint density at radius 2 is 2.06 bits per heavy atom. The van der Waals surface area contributed by atoms with Gasteiger partial charge in [0.15, 0.2) is 23.1 Å². The number of anilines is 1. The lowest BCUT2D eigenvalue weighted by Crippen LogP contribution is -1.94. The Kier molecular flexibility index (Phi) is 3.20. The summed E-state index contributed by atoms with van der Waals surface area (Å²) in [6, 6.07) is 2.90. The highest BCUT2D eigenvalue weighted by molar-refractivity contribution is 6.32. The number of hydrogen-bond acceptors (Lipinski definition) is 6. The highest BCUT2D eigenvalue weighted by Gasteiger charge is 2.23. The molecule has 0 atom stereocenters. The fraction of sp³-hybridized carbons (Fsp3) is 0.182. The van der Waals surface area contributed by atoms with Crippen molar-refractivity contribution >= 4 is 17.4 Å². The molecule has 3 N–H and O–H groups in total. The van der Waals surface area contributed by atoms with E-state index in [9.17, 15) is 5.11 Å². The summed E-state index contributed by atoms with van der Waals surface area (Å²) in [6.07, 6.45) is 0. The van der Waals surface area contributed by atoms with Crippen molar-refractivity contribution in [1.82, 2.24) is 5.16 Å². The van der Waals surface area contributed by atoms with Crippen LogP contribution in [-0.2, 0) is 0 Å². The second-order valence-corrected chi connectivity index (χ2v) is 3.84. The van der Waals surface area contributed by atoms with Crippen LogP contribution in [0.3, 0.4) is 0 Å². The molecule has 1 aromatic carbocycles. The molecule has 0 bridgehead atoms. The second-order valence-electron chi connectivity index (χ2n) is 3.43. The molecule has 0 radical (unpaired) electrons. The van der Waals surface area contributed by atoms with E-state index in [0.29, 0.717) is 5.75 Å². The first-order valence-corrected chi connectivity index (χ1v) is 5.32. The molecule has 0 unspecified atom stereocenters. The molecule has 0 spiro atoms. The van der Waals surface area contributed by atoms with Crippen LogP contribution in [0.5, 0.6) is 17.2 Å². The average molecular weight is 271 g/mol. The van der Waals surface area contributed by atoms with Crippen molar-refractivity contribution < 1.29 is 19.1 Å². The number of nitrogens with two attached hydrogens (primary N) is 1. The summed E-state index contributed by atoms with van der Waals surface area (Å²) in [5, 5.41) is 13.7. The molecule has 0 aliphatic rings. The van der Waals surface area contributed by atoms with Crippen LogP contribution in [0.2, 0.25) is 5.02 Å². The lowest BCUT2D eigenvalue weighted by atomic mass is 10.1. The molecule has 0 amide bonds. The average Bonchev–Trinajstić information content (AvgIpc) is 2.78. The SMILES string of the molecule is COc1cc(Cl)c(O)c(-c2cc(N)no2)c1OC. The van der Waals surface area contributed by atoms with Crippen LogP contribution in [0.1, 0.15) is 0 Å². The number of hydrogen-bond donors (Lipinski definition) is 2. The van der Waals surface area contributed by atoms with Gasteiger partial charge >= 0.3 is 0 Å². The maximum absolute atomic E-state index is 10.00. The Labute approximate surface area is 108 Å². The van der Waals surface area contributed by atoms with Crippen LogP contribution in [0.4, 0.5) is 5.82 Å². The minimum absolute atomic E-state index is 0.109. The van der Waals surface area contributed by atoms with E-state index in [2.05, 4.69) is 5.16 Å². The second kappa shape index (κ2) is 4.66. The van der Waals surface area contributed by atoms with Gasteiger partial charge in [0, 0.05) is 12.1 Å². The zero-order chi connectivity index (χ0) is 13.3. The quantitative estimate of drug-likeness (QED) is 0.889. The first-order valence-electron chi connectivity index (χ1n) is 4.94. The van der Waals surface area contributed by atoms with Gasteiger partial charge in [0.2, 0.25) is 0 Å². The number of nitrogen functional groups attached to an aromatic ring is 1. The first kappa shape index (κ1) is 12.4. The number of ether oxygens (including phenoxy) is 2. The van der Waals surface area contributed by atoms with Crippen LogP contribution in [-0.4, -0.2) is 24.5 Å². The van der Waals surface area contributed by atoms with Gasteiger partial charge in [-0.2, -0.15) is 0 Å². The van der Waals surface area contributed by atoms with Crippen LogP contribution >= 0.6 is 11.6 Å². The Balaban J connectivity index is 2.74. The predicted octanol–water partition coefficient (Wildman–Crippen LogP) is 2.30. The number of nitrogens with zero attached hydrogens (tertiary/aromatic N) is 1. The monoisotopic (exact) mass is 270 g/mol. The summed E-state index contributed by atoms with van der Waals surface area (Å²) in [7, 11) is 2.90. The van der Waals surface area contributed by atoms with Gasteiger partial charge in [0.25, 0.3) is 0 Å². The van der Waals surface area contributed by atoms with Crippen LogP contribution < -0.4 is 15.2 Å². The molecule has 0 aliphatic heterocycles. The summed E-state index contributed by atoms with van der Waals surface area (Å²) in [4.78, 5) is 0. The van der Waals surface area contributed by atoms with Gasteiger partial charge in [-0.15, -0.1) is 0 Å². The smallest absolute Gasteiger partial charge is 0.176 e. The number of rotatable bonds is 3. The number of methoxy groups -OCH3 is 2. The lowest BCUT2D eigenvalue weighted by Gasteiger charge is -2.13. The van der Waals surface area contributed by atoms with E-state index in [1.807, 2.05) is 0 Å². The molecule has 0 fully saturated rings. The third-order valence-electron chi connectivity index (χ3n) is 2.37. The van der Waals surface area contributed by atoms with E-state index < -0.39 is 0 Å². The molecule has 1 heterocycles. The largest absolute Gasteiger partial charge is 0.505 e. The summed E-state index contributed by atoms with van der Waals surface area (Å²) >= 11 is 5.90. The number of benzene rings is 1. The highest BCUT2D eigenvalue weighted by Crippen LogP contribution is 2.48. The molecule has 1 aromatic heterocycles. The van der Waals surface area contributed by atoms with Gasteiger partial charge in [-0.1, -0.05) is 16.8 Å². The highest BCUT2D eigenvalue weighted by atomic mass is 35.5. The van der Waals surface area contributed by atoms with Crippen molar-refractivity contribution in [1.29, 1.82) is 0 Å². The summed E-state index contributed by atoms with van der Waals surface area (Å²) in [5.41, 5.74) is 5.72. The van der Waals surface area contributed by atoms with Gasteiger partial charge in [-0.05, 0) is 0 Å². The van der Waals surface area contributed by atoms with Crippen LogP contribution in [0, 0.1) is 0 Å². The zero-order valence-corrected chi connectivity index (χ0v) is 10.5. The predicted molar refractivity (Wildman–Crippen MR) is 66.1 cm³/mol. The molecular weight excluding hydrogens is 260 g/mol. The Hall–Kier alpha value is -2.08. The molecule has 0 saturated heterocycles. The third kappa shape index (κ3) is 1.91. The zero-order valence-electron chi connectivity index (χ0n) is 9.73. The normalized spacial score (nSPS) is 10.4. The maximum Gasteiger partial charge on any atom is 0.176 e.